The largest absolute Gasteiger partial charge is 0.480 e. The van der Waals surface area contributed by atoms with E-state index in [1.165, 1.54) is 13.0 Å². The van der Waals surface area contributed by atoms with Gasteiger partial charge in [-0.1, -0.05) is 19.9 Å². The van der Waals surface area contributed by atoms with E-state index in [1.54, 1.807) is 17.0 Å². The molecule has 0 spiro atoms. The first-order valence-electron chi connectivity index (χ1n) is 8.72. The molecule has 2 N–H and O–H groups in total. The van der Waals surface area contributed by atoms with Crippen molar-refractivity contribution in [2.24, 2.45) is 5.92 Å². The third-order valence-electron chi connectivity index (χ3n) is 4.54. The van der Waals surface area contributed by atoms with E-state index in [-0.39, 0.29) is 23.1 Å². The highest BCUT2D eigenvalue weighted by molar-refractivity contribution is 7.89. The molecular formula is C18H26N2O5S. The first-order valence-corrected chi connectivity index (χ1v) is 10.2. The molecule has 1 aliphatic rings. The zero-order valence-electron chi connectivity index (χ0n) is 15.4. The van der Waals surface area contributed by atoms with Gasteiger partial charge in [0.2, 0.25) is 15.9 Å². The van der Waals surface area contributed by atoms with E-state index in [4.69, 9.17) is 0 Å². The number of hydrogen-bond acceptors (Lipinski definition) is 4. The van der Waals surface area contributed by atoms with Crippen LogP contribution in [0.4, 0.5) is 0 Å². The number of fused-ring (bicyclic) bond motifs is 1. The molecule has 0 unspecified atom stereocenters. The van der Waals surface area contributed by atoms with Gasteiger partial charge in [-0.05, 0) is 48.4 Å². The Hall–Kier alpha value is -1.93. The number of carbonyl (C=O) groups excluding carboxylic acids is 1. The van der Waals surface area contributed by atoms with E-state index in [0.29, 0.717) is 25.9 Å². The maximum atomic E-state index is 12.6. The van der Waals surface area contributed by atoms with Crippen LogP contribution in [0, 0.1) is 5.92 Å². The van der Waals surface area contributed by atoms with E-state index in [0.717, 1.165) is 11.1 Å². The van der Waals surface area contributed by atoms with Crippen LogP contribution in [0.5, 0.6) is 0 Å². The number of carboxylic acid groups (broad SMARTS) is 1. The molecular weight excluding hydrogens is 356 g/mol. The summed E-state index contributed by atoms with van der Waals surface area (Å²) in [7, 11) is -3.94. The number of rotatable bonds is 6. The minimum atomic E-state index is -3.94. The lowest BCUT2D eigenvalue weighted by Gasteiger charge is -2.17. The van der Waals surface area contributed by atoms with Gasteiger partial charge in [0, 0.05) is 20.0 Å². The van der Waals surface area contributed by atoms with Crippen molar-refractivity contribution in [1.82, 2.24) is 9.62 Å². The summed E-state index contributed by atoms with van der Waals surface area (Å²) >= 11 is 0. The van der Waals surface area contributed by atoms with Gasteiger partial charge < -0.3 is 10.0 Å². The van der Waals surface area contributed by atoms with Crippen LogP contribution in [0.2, 0.25) is 0 Å². The molecule has 0 aromatic heterocycles. The second-order valence-corrected chi connectivity index (χ2v) is 8.79. The Morgan fingerprint density at radius 2 is 1.81 bits per heavy atom. The Morgan fingerprint density at radius 3 is 2.35 bits per heavy atom. The first kappa shape index (κ1) is 20.4. The summed E-state index contributed by atoms with van der Waals surface area (Å²) in [4.78, 5) is 24.7. The lowest BCUT2D eigenvalue weighted by Crippen LogP contribution is -2.41. The maximum absolute atomic E-state index is 12.6. The molecule has 0 saturated carbocycles. The Kier molecular flexibility index (Phi) is 6.41. The second-order valence-electron chi connectivity index (χ2n) is 7.08. The van der Waals surface area contributed by atoms with Crippen LogP contribution in [0.3, 0.4) is 0 Å². The SMILES string of the molecule is CC(=O)N1CCc2ccc(S(=O)(=O)N[C@H](CC(C)C)C(=O)O)cc2CC1. The van der Waals surface area contributed by atoms with Crippen LogP contribution in [0.1, 0.15) is 38.3 Å². The van der Waals surface area contributed by atoms with Crippen molar-refractivity contribution in [3.05, 3.63) is 29.3 Å². The number of benzene rings is 1. The zero-order valence-corrected chi connectivity index (χ0v) is 16.2. The number of carbonyl (C=O) groups is 2. The minimum absolute atomic E-state index is 0.00491. The third-order valence-corrected chi connectivity index (χ3v) is 6.01. The molecule has 26 heavy (non-hydrogen) atoms. The predicted octanol–water partition coefficient (Wildman–Crippen LogP) is 1.41. The number of nitrogens with one attached hydrogen (secondary N) is 1. The highest BCUT2D eigenvalue weighted by Crippen LogP contribution is 2.21. The molecule has 1 heterocycles. The highest BCUT2D eigenvalue weighted by atomic mass is 32.2. The molecule has 0 bridgehead atoms. The first-order chi connectivity index (χ1) is 12.1. The number of aliphatic carboxylic acids is 1. The molecule has 1 atom stereocenters. The van der Waals surface area contributed by atoms with Gasteiger partial charge >= 0.3 is 5.97 Å². The van der Waals surface area contributed by atoms with Gasteiger partial charge in [0.05, 0.1) is 4.90 Å². The topological polar surface area (TPSA) is 104 Å². The van der Waals surface area contributed by atoms with Crippen molar-refractivity contribution in [1.29, 1.82) is 0 Å². The number of nitrogens with zero attached hydrogens (tertiary/aromatic N) is 1. The number of carboxylic acids is 1. The lowest BCUT2D eigenvalue weighted by atomic mass is 10.0. The molecule has 7 nitrogen and oxygen atoms in total. The Bertz CT molecular complexity index is 789. The highest BCUT2D eigenvalue weighted by Gasteiger charge is 2.27. The number of sulfonamides is 1. The predicted molar refractivity (Wildman–Crippen MR) is 97.3 cm³/mol. The van der Waals surface area contributed by atoms with Crippen molar-refractivity contribution in [3.8, 4) is 0 Å². The van der Waals surface area contributed by atoms with Crippen molar-refractivity contribution in [2.75, 3.05) is 13.1 Å². The van der Waals surface area contributed by atoms with Crippen LogP contribution in [0.25, 0.3) is 0 Å². The Balaban J connectivity index is 2.24. The molecule has 0 radical (unpaired) electrons. The molecule has 2 rings (SSSR count). The smallest absolute Gasteiger partial charge is 0.321 e. The van der Waals surface area contributed by atoms with Crippen LogP contribution >= 0.6 is 0 Å². The fourth-order valence-electron chi connectivity index (χ4n) is 3.11. The van der Waals surface area contributed by atoms with Crippen LogP contribution in [-0.2, 0) is 32.5 Å². The fraction of sp³-hybridized carbons (Fsp3) is 0.556. The van der Waals surface area contributed by atoms with Gasteiger partial charge in [-0.25, -0.2) is 8.42 Å². The summed E-state index contributed by atoms with van der Waals surface area (Å²) in [6, 6.07) is 3.69. The van der Waals surface area contributed by atoms with E-state index in [1.807, 2.05) is 13.8 Å². The zero-order chi connectivity index (χ0) is 19.5. The maximum Gasteiger partial charge on any atom is 0.321 e. The average Bonchev–Trinajstić information content (AvgIpc) is 2.75. The van der Waals surface area contributed by atoms with Crippen molar-refractivity contribution >= 4 is 21.9 Å². The fourth-order valence-corrected chi connectivity index (χ4v) is 4.36. The van der Waals surface area contributed by atoms with E-state index in [9.17, 15) is 23.1 Å². The summed E-state index contributed by atoms with van der Waals surface area (Å²) in [5, 5.41) is 9.28. The molecule has 0 fully saturated rings. The summed E-state index contributed by atoms with van der Waals surface area (Å²) < 4.78 is 27.6. The van der Waals surface area contributed by atoms with Crippen LogP contribution in [0.15, 0.2) is 23.1 Å². The van der Waals surface area contributed by atoms with E-state index >= 15 is 0 Å². The summed E-state index contributed by atoms with van der Waals surface area (Å²) in [6.45, 7) is 6.36. The lowest BCUT2D eigenvalue weighted by molar-refractivity contribution is -0.139. The van der Waals surface area contributed by atoms with Gasteiger partial charge in [-0.3, -0.25) is 9.59 Å². The molecule has 1 aromatic rings. The Labute approximate surface area is 154 Å². The molecule has 144 valence electrons. The molecule has 0 saturated heterocycles. The summed E-state index contributed by atoms with van der Waals surface area (Å²) in [5.74, 6) is -1.14. The van der Waals surface area contributed by atoms with E-state index in [2.05, 4.69) is 4.72 Å². The van der Waals surface area contributed by atoms with Gasteiger partial charge in [0.25, 0.3) is 0 Å². The monoisotopic (exact) mass is 382 g/mol. The minimum Gasteiger partial charge on any atom is -0.480 e. The van der Waals surface area contributed by atoms with E-state index < -0.39 is 22.0 Å². The van der Waals surface area contributed by atoms with Crippen molar-refractivity contribution in [2.45, 2.75) is 51.0 Å². The summed E-state index contributed by atoms with van der Waals surface area (Å²) in [5.41, 5.74) is 1.90. The quantitative estimate of drug-likeness (QED) is 0.774. The molecule has 1 aromatic carbocycles. The molecule has 1 amide bonds. The van der Waals surface area contributed by atoms with Gasteiger partial charge in [0.1, 0.15) is 6.04 Å². The molecule has 8 heteroatoms. The second kappa shape index (κ2) is 8.18. The molecule has 0 aliphatic carbocycles. The number of amides is 1. The van der Waals surface area contributed by atoms with Crippen LogP contribution < -0.4 is 4.72 Å². The Morgan fingerprint density at radius 1 is 1.19 bits per heavy atom. The van der Waals surface area contributed by atoms with Gasteiger partial charge in [-0.2, -0.15) is 4.72 Å². The standard InChI is InChI=1S/C18H26N2O5S/c1-12(2)10-17(18(22)23)19-26(24,25)16-5-4-14-6-8-20(13(3)21)9-7-15(14)11-16/h4-5,11-12,17,19H,6-10H2,1-3H3,(H,22,23)/t17-/m1/s1. The van der Waals surface area contributed by atoms with Gasteiger partial charge in [-0.15, -0.1) is 0 Å². The molecule has 1 aliphatic heterocycles. The normalized spacial score (nSPS) is 16.1. The van der Waals surface area contributed by atoms with Gasteiger partial charge in [0.15, 0.2) is 0 Å². The third kappa shape index (κ3) is 5.04. The number of hydrogen-bond donors (Lipinski definition) is 2. The van der Waals surface area contributed by atoms with Crippen molar-refractivity contribution < 1.29 is 23.1 Å². The van der Waals surface area contributed by atoms with Crippen molar-refractivity contribution in [3.63, 3.8) is 0 Å². The summed E-state index contributed by atoms with van der Waals surface area (Å²) in [6.07, 6.45) is 1.47. The van der Waals surface area contributed by atoms with Crippen LogP contribution in [-0.4, -0.2) is 49.4 Å². The average molecular weight is 382 g/mol.